The van der Waals surface area contributed by atoms with Crippen LogP contribution in [-0.2, 0) is 11.3 Å². The Balaban J connectivity index is 1.75. The predicted octanol–water partition coefficient (Wildman–Crippen LogP) is 5.17. The van der Waals surface area contributed by atoms with Crippen molar-refractivity contribution in [3.63, 3.8) is 0 Å². The Morgan fingerprint density at radius 2 is 2.12 bits per heavy atom. The monoisotopic (exact) mass is 400 g/mol. The van der Waals surface area contributed by atoms with Crippen molar-refractivity contribution in [2.45, 2.75) is 38.3 Å². The predicted molar refractivity (Wildman–Crippen MR) is 100 cm³/mol. The van der Waals surface area contributed by atoms with Gasteiger partial charge >= 0.3 is 5.97 Å². The topological polar surface area (TPSA) is 60.5 Å². The third kappa shape index (κ3) is 4.57. The first-order valence-corrected chi connectivity index (χ1v) is 9.56. The number of carbonyl (C=O) groups is 1. The van der Waals surface area contributed by atoms with E-state index in [2.05, 4.69) is 10.3 Å². The first kappa shape index (κ1) is 18.3. The van der Waals surface area contributed by atoms with E-state index in [1.54, 1.807) is 18.2 Å². The number of carbonyl (C=O) groups excluding carboxylic acids is 1. The first-order valence-electron chi connectivity index (χ1n) is 7.99. The molecule has 0 atom stereocenters. The summed E-state index contributed by atoms with van der Waals surface area (Å²) < 4.78 is 10.6. The molecule has 0 spiro atoms. The lowest BCUT2D eigenvalue weighted by Gasteiger charge is -2.09. The molecule has 25 heavy (non-hydrogen) atoms. The number of hydrogen-bond acceptors (Lipinski definition) is 6. The fourth-order valence-electron chi connectivity index (χ4n) is 2.75. The fraction of sp³-hybridized carbons (Fsp3) is 0.412. The Kier molecular flexibility index (Phi) is 6.04. The van der Waals surface area contributed by atoms with E-state index in [1.165, 1.54) is 31.3 Å². The van der Waals surface area contributed by atoms with Crippen LogP contribution in [0.15, 0.2) is 18.2 Å². The van der Waals surface area contributed by atoms with E-state index < -0.39 is 5.97 Å². The number of methoxy groups -OCH3 is 1. The lowest BCUT2D eigenvalue weighted by Crippen LogP contribution is -2.14. The molecular weight excluding hydrogens is 383 g/mol. The largest absolute Gasteiger partial charge is 0.486 e. The zero-order valence-electron chi connectivity index (χ0n) is 13.7. The molecule has 134 valence electrons. The number of aromatic nitrogens is 1. The maximum Gasteiger partial charge on any atom is 0.350 e. The van der Waals surface area contributed by atoms with E-state index in [4.69, 9.17) is 32.7 Å². The molecule has 1 aliphatic rings. The van der Waals surface area contributed by atoms with Crippen LogP contribution in [0.25, 0.3) is 0 Å². The molecule has 1 aromatic heterocycles. The van der Waals surface area contributed by atoms with E-state index in [0.29, 0.717) is 37.5 Å². The highest BCUT2D eigenvalue weighted by atomic mass is 35.5. The number of anilines is 1. The summed E-state index contributed by atoms with van der Waals surface area (Å²) in [4.78, 5) is 17.0. The summed E-state index contributed by atoms with van der Waals surface area (Å²) in [5.41, 5.74) is 0.531. The molecule has 1 heterocycles. The molecule has 1 fully saturated rings. The quantitative estimate of drug-likeness (QED) is 0.677. The minimum atomic E-state index is -0.419. The van der Waals surface area contributed by atoms with Gasteiger partial charge in [0.1, 0.15) is 22.9 Å². The van der Waals surface area contributed by atoms with Crippen molar-refractivity contribution in [1.82, 2.24) is 4.98 Å². The van der Waals surface area contributed by atoms with Crippen LogP contribution >= 0.6 is 34.5 Å². The highest BCUT2D eigenvalue weighted by Crippen LogP contribution is 2.31. The molecular formula is C17H18Cl2N2O3S. The van der Waals surface area contributed by atoms with Crippen LogP contribution in [0.1, 0.15) is 41.0 Å². The number of nitrogens with zero attached hydrogens (tertiary/aromatic N) is 1. The molecule has 0 aliphatic heterocycles. The number of halogens is 2. The van der Waals surface area contributed by atoms with Crippen LogP contribution in [0.2, 0.25) is 10.0 Å². The Hall–Kier alpha value is -1.50. The molecule has 0 radical (unpaired) electrons. The lowest BCUT2D eigenvalue weighted by atomic mass is 10.3. The normalized spacial score (nSPS) is 14.5. The van der Waals surface area contributed by atoms with Crippen molar-refractivity contribution >= 4 is 45.6 Å². The van der Waals surface area contributed by atoms with E-state index in [9.17, 15) is 4.79 Å². The van der Waals surface area contributed by atoms with Crippen LogP contribution in [-0.4, -0.2) is 24.1 Å². The van der Waals surface area contributed by atoms with Gasteiger partial charge in [-0.3, -0.25) is 0 Å². The second-order valence-electron chi connectivity index (χ2n) is 5.78. The van der Waals surface area contributed by atoms with E-state index >= 15 is 0 Å². The van der Waals surface area contributed by atoms with E-state index in [0.717, 1.165) is 12.8 Å². The zero-order chi connectivity index (χ0) is 17.8. The van der Waals surface area contributed by atoms with Crippen LogP contribution in [0.4, 0.5) is 5.13 Å². The molecule has 8 heteroatoms. The van der Waals surface area contributed by atoms with Crippen molar-refractivity contribution in [2.75, 3.05) is 12.4 Å². The Bertz CT molecular complexity index is 760. The summed E-state index contributed by atoms with van der Waals surface area (Å²) in [6.07, 6.45) is 4.69. The minimum absolute atomic E-state index is 0.120. The van der Waals surface area contributed by atoms with Gasteiger partial charge in [-0.1, -0.05) is 47.4 Å². The van der Waals surface area contributed by atoms with Crippen LogP contribution in [0.3, 0.4) is 0 Å². The summed E-state index contributed by atoms with van der Waals surface area (Å²) in [7, 11) is 1.35. The summed E-state index contributed by atoms with van der Waals surface area (Å²) in [6, 6.07) is 5.40. The summed E-state index contributed by atoms with van der Waals surface area (Å²) in [6.45, 7) is 0.120. The number of ether oxygens (including phenoxy) is 2. The SMILES string of the molecule is COC(=O)c1sc(NC2CCCC2)nc1COc1ccc(Cl)cc1Cl. The fourth-order valence-corrected chi connectivity index (χ4v) is 4.17. The van der Waals surface area contributed by atoms with E-state index in [1.807, 2.05) is 0 Å². The Labute approximate surface area is 160 Å². The van der Waals surface area contributed by atoms with Gasteiger partial charge in [-0.15, -0.1) is 0 Å². The minimum Gasteiger partial charge on any atom is -0.486 e. The van der Waals surface area contributed by atoms with Crippen LogP contribution in [0.5, 0.6) is 5.75 Å². The van der Waals surface area contributed by atoms with Gasteiger partial charge in [0.05, 0.1) is 12.1 Å². The number of nitrogens with one attached hydrogen (secondary N) is 1. The summed E-state index contributed by atoms with van der Waals surface area (Å²) in [5.74, 6) is 0.0676. The number of hydrogen-bond donors (Lipinski definition) is 1. The lowest BCUT2D eigenvalue weighted by molar-refractivity contribution is 0.0603. The molecule has 5 nitrogen and oxygen atoms in total. The van der Waals surface area contributed by atoms with Gasteiger partial charge in [-0.05, 0) is 31.0 Å². The maximum absolute atomic E-state index is 12.0. The number of rotatable bonds is 6. The highest BCUT2D eigenvalue weighted by molar-refractivity contribution is 7.17. The molecule has 0 bridgehead atoms. The standard InChI is InChI=1S/C17H18Cl2N2O3S/c1-23-16(22)15-13(9-24-14-7-6-10(18)8-12(14)19)21-17(25-15)20-11-4-2-3-5-11/h6-8,11H,2-5,9H2,1H3,(H,20,21). The van der Waals surface area contributed by atoms with Gasteiger partial charge in [-0.25, -0.2) is 9.78 Å². The molecule has 2 aromatic rings. The van der Waals surface area contributed by atoms with Gasteiger partial charge in [0.2, 0.25) is 0 Å². The molecule has 1 aromatic carbocycles. The van der Waals surface area contributed by atoms with Crippen molar-refractivity contribution in [1.29, 1.82) is 0 Å². The second kappa shape index (κ2) is 8.25. The highest BCUT2D eigenvalue weighted by Gasteiger charge is 2.22. The second-order valence-corrected chi connectivity index (χ2v) is 7.62. The molecule has 1 saturated carbocycles. The van der Waals surface area contributed by atoms with Crippen molar-refractivity contribution in [2.24, 2.45) is 0 Å². The van der Waals surface area contributed by atoms with Gasteiger partial charge in [-0.2, -0.15) is 0 Å². The number of esters is 1. The van der Waals surface area contributed by atoms with Gasteiger partial charge in [0.15, 0.2) is 5.13 Å². The summed E-state index contributed by atoms with van der Waals surface area (Å²) in [5, 5.41) is 5.05. The molecule has 1 N–H and O–H groups in total. The molecule has 0 saturated heterocycles. The third-order valence-electron chi connectivity index (χ3n) is 4.01. The molecule has 3 rings (SSSR count). The Morgan fingerprint density at radius 3 is 2.80 bits per heavy atom. The summed E-state index contributed by atoms with van der Waals surface area (Å²) >= 11 is 13.3. The van der Waals surface area contributed by atoms with Crippen molar-refractivity contribution in [3.05, 3.63) is 38.8 Å². The number of benzene rings is 1. The van der Waals surface area contributed by atoms with Gasteiger partial charge in [0.25, 0.3) is 0 Å². The molecule has 0 amide bonds. The van der Waals surface area contributed by atoms with E-state index in [-0.39, 0.29) is 6.61 Å². The van der Waals surface area contributed by atoms with Crippen LogP contribution in [0, 0.1) is 0 Å². The van der Waals surface area contributed by atoms with Gasteiger partial charge < -0.3 is 14.8 Å². The average molecular weight is 401 g/mol. The number of thiazole rings is 1. The molecule has 1 aliphatic carbocycles. The first-order chi connectivity index (χ1) is 12.1. The van der Waals surface area contributed by atoms with Crippen molar-refractivity contribution < 1.29 is 14.3 Å². The van der Waals surface area contributed by atoms with Crippen molar-refractivity contribution in [3.8, 4) is 5.75 Å². The average Bonchev–Trinajstić information content (AvgIpc) is 3.23. The molecule has 0 unspecified atom stereocenters. The smallest absolute Gasteiger partial charge is 0.350 e. The maximum atomic E-state index is 12.0. The van der Waals surface area contributed by atoms with Crippen LogP contribution < -0.4 is 10.1 Å². The Morgan fingerprint density at radius 1 is 1.36 bits per heavy atom. The zero-order valence-corrected chi connectivity index (χ0v) is 16.0. The third-order valence-corrected chi connectivity index (χ3v) is 5.55. The van der Waals surface area contributed by atoms with Gasteiger partial charge in [0, 0.05) is 11.1 Å².